The number of hydrogen-bond acceptors (Lipinski definition) is 2. The van der Waals surface area contributed by atoms with Gasteiger partial charge in [-0.2, -0.15) is 0 Å². The second-order valence-corrected chi connectivity index (χ2v) is 4.33. The number of hydrogen-bond donors (Lipinski definition) is 1. The van der Waals surface area contributed by atoms with Crippen LogP contribution in [-0.2, 0) is 6.54 Å². The molecule has 0 saturated heterocycles. The lowest BCUT2D eigenvalue weighted by Gasteiger charge is -2.05. The molecule has 96 valence electrons. The number of halogens is 1. The van der Waals surface area contributed by atoms with Crippen molar-refractivity contribution in [2.75, 3.05) is 6.61 Å². The summed E-state index contributed by atoms with van der Waals surface area (Å²) in [6, 6.07) is 15.3. The van der Waals surface area contributed by atoms with Crippen LogP contribution in [-0.4, -0.2) is 6.61 Å². The molecule has 3 heteroatoms. The normalized spacial score (nSPS) is 9.58. The second kappa shape index (κ2) is 6.84. The van der Waals surface area contributed by atoms with Gasteiger partial charge in [-0.05, 0) is 29.8 Å². The Labute approximate surface area is 118 Å². The highest BCUT2D eigenvalue weighted by Crippen LogP contribution is 2.25. The number of benzene rings is 2. The Morgan fingerprint density at radius 3 is 2.58 bits per heavy atom. The van der Waals surface area contributed by atoms with Crippen molar-refractivity contribution in [3.05, 3.63) is 64.7 Å². The first-order chi connectivity index (χ1) is 9.29. The molecule has 0 aliphatic rings. The third-order valence-electron chi connectivity index (χ3n) is 2.54. The first-order valence-corrected chi connectivity index (χ1v) is 6.32. The summed E-state index contributed by atoms with van der Waals surface area (Å²) in [5, 5.41) is 0.560. The maximum absolute atomic E-state index is 6.08. The molecule has 0 spiro atoms. The van der Waals surface area contributed by atoms with E-state index in [0.29, 0.717) is 23.9 Å². The zero-order valence-corrected chi connectivity index (χ0v) is 11.2. The van der Waals surface area contributed by atoms with E-state index in [9.17, 15) is 0 Å². The van der Waals surface area contributed by atoms with E-state index in [1.165, 1.54) is 0 Å². The first kappa shape index (κ1) is 13.5. The monoisotopic (exact) mass is 271 g/mol. The van der Waals surface area contributed by atoms with E-state index in [1.807, 2.05) is 48.5 Å². The minimum absolute atomic E-state index is 0.302. The van der Waals surface area contributed by atoms with Crippen molar-refractivity contribution in [3.63, 3.8) is 0 Å². The zero-order chi connectivity index (χ0) is 13.5. The van der Waals surface area contributed by atoms with Crippen LogP contribution in [0, 0.1) is 11.8 Å². The van der Waals surface area contributed by atoms with Gasteiger partial charge in [-0.1, -0.05) is 47.7 Å². The molecule has 0 unspecified atom stereocenters. The molecular weight excluding hydrogens is 258 g/mol. The lowest BCUT2D eigenvalue weighted by molar-refractivity contribution is 0.370. The number of ether oxygens (including phenoxy) is 1. The Bertz CT molecular complexity index is 599. The van der Waals surface area contributed by atoms with Gasteiger partial charge in [0.2, 0.25) is 0 Å². The van der Waals surface area contributed by atoms with Gasteiger partial charge in [0.05, 0.1) is 5.02 Å². The van der Waals surface area contributed by atoms with Crippen molar-refractivity contribution in [1.29, 1.82) is 0 Å². The summed E-state index contributed by atoms with van der Waals surface area (Å²) < 4.78 is 5.51. The molecule has 2 N–H and O–H groups in total. The Kier molecular flexibility index (Phi) is 4.85. The third-order valence-corrected chi connectivity index (χ3v) is 2.83. The van der Waals surface area contributed by atoms with Crippen molar-refractivity contribution < 1.29 is 4.74 Å². The fourth-order valence-corrected chi connectivity index (χ4v) is 1.82. The SMILES string of the molecule is NCc1ccc(OCC#Cc2ccccc2)c(Cl)c1. The Hall–Kier alpha value is -1.95. The molecule has 19 heavy (non-hydrogen) atoms. The summed E-state index contributed by atoms with van der Waals surface area (Å²) in [7, 11) is 0. The molecule has 0 atom stereocenters. The van der Waals surface area contributed by atoms with Gasteiger partial charge in [-0.3, -0.25) is 0 Å². The summed E-state index contributed by atoms with van der Waals surface area (Å²) in [6.45, 7) is 0.768. The fraction of sp³-hybridized carbons (Fsp3) is 0.125. The van der Waals surface area contributed by atoms with Crippen molar-refractivity contribution in [1.82, 2.24) is 0 Å². The predicted molar refractivity (Wildman–Crippen MR) is 78.2 cm³/mol. The van der Waals surface area contributed by atoms with E-state index in [-0.39, 0.29) is 0 Å². The van der Waals surface area contributed by atoms with E-state index in [1.54, 1.807) is 0 Å². The molecule has 0 aromatic heterocycles. The molecule has 0 fully saturated rings. The van der Waals surface area contributed by atoms with Crippen molar-refractivity contribution in [3.8, 4) is 17.6 Å². The van der Waals surface area contributed by atoms with Crippen molar-refractivity contribution in [2.45, 2.75) is 6.54 Å². The maximum atomic E-state index is 6.08. The van der Waals surface area contributed by atoms with Crippen LogP contribution in [0.15, 0.2) is 48.5 Å². The van der Waals surface area contributed by atoms with Crippen LogP contribution in [0.25, 0.3) is 0 Å². The van der Waals surface area contributed by atoms with Gasteiger partial charge in [-0.25, -0.2) is 0 Å². The Balaban J connectivity index is 1.95. The molecule has 0 radical (unpaired) electrons. The number of rotatable bonds is 3. The van der Waals surface area contributed by atoms with Gasteiger partial charge in [-0.15, -0.1) is 0 Å². The van der Waals surface area contributed by atoms with Crippen LogP contribution in [0.1, 0.15) is 11.1 Å². The molecule has 0 saturated carbocycles. The molecule has 2 aromatic carbocycles. The minimum atomic E-state index is 0.302. The molecular formula is C16H14ClNO. The van der Waals surface area contributed by atoms with E-state index < -0.39 is 0 Å². The van der Waals surface area contributed by atoms with Gasteiger partial charge in [0.1, 0.15) is 12.4 Å². The average molecular weight is 272 g/mol. The Morgan fingerprint density at radius 2 is 1.89 bits per heavy atom. The lowest BCUT2D eigenvalue weighted by Crippen LogP contribution is -1.98. The van der Waals surface area contributed by atoms with Crippen LogP contribution >= 0.6 is 11.6 Å². The van der Waals surface area contributed by atoms with Crippen LogP contribution in [0.2, 0.25) is 5.02 Å². The predicted octanol–water partition coefficient (Wildman–Crippen LogP) is 3.23. The molecule has 0 bridgehead atoms. The molecule has 2 aromatic rings. The highest BCUT2D eigenvalue weighted by molar-refractivity contribution is 6.32. The highest BCUT2D eigenvalue weighted by Gasteiger charge is 2.01. The largest absolute Gasteiger partial charge is 0.479 e. The number of nitrogens with two attached hydrogens (primary N) is 1. The Morgan fingerprint density at radius 1 is 1.11 bits per heavy atom. The van der Waals surface area contributed by atoms with E-state index in [0.717, 1.165) is 11.1 Å². The van der Waals surface area contributed by atoms with Crippen molar-refractivity contribution >= 4 is 11.6 Å². The van der Waals surface area contributed by atoms with E-state index in [4.69, 9.17) is 22.1 Å². The van der Waals surface area contributed by atoms with E-state index >= 15 is 0 Å². The smallest absolute Gasteiger partial charge is 0.149 e. The van der Waals surface area contributed by atoms with Gasteiger partial charge in [0.15, 0.2) is 0 Å². The summed E-state index contributed by atoms with van der Waals surface area (Å²) in [4.78, 5) is 0. The van der Waals surface area contributed by atoms with Crippen LogP contribution in [0.3, 0.4) is 0 Å². The summed E-state index contributed by atoms with van der Waals surface area (Å²) in [5.74, 6) is 6.60. The summed E-state index contributed by atoms with van der Waals surface area (Å²) >= 11 is 6.08. The van der Waals surface area contributed by atoms with Gasteiger partial charge in [0.25, 0.3) is 0 Å². The van der Waals surface area contributed by atoms with Gasteiger partial charge < -0.3 is 10.5 Å². The molecule has 0 amide bonds. The molecule has 0 heterocycles. The fourth-order valence-electron chi connectivity index (χ4n) is 1.56. The first-order valence-electron chi connectivity index (χ1n) is 5.95. The summed E-state index contributed by atoms with van der Waals surface area (Å²) in [5.41, 5.74) is 7.48. The third kappa shape index (κ3) is 4.03. The molecule has 2 nitrogen and oxygen atoms in total. The maximum Gasteiger partial charge on any atom is 0.149 e. The standard InChI is InChI=1S/C16H14ClNO/c17-15-11-14(12-18)8-9-16(15)19-10-4-7-13-5-2-1-3-6-13/h1-3,5-6,8-9,11H,10,12,18H2. The minimum Gasteiger partial charge on any atom is -0.479 e. The molecule has 0 aliphatic heterocycles. The van der Waals surface area contributed by atoms with Gasteiger partial charge in [0, 0.05) is 12.1 Å². The van der Waals surface area contributed by atoms with Crippen LogP contribution in [0.4, 0.5) is 0 Å². The lowest BCUT2D eigenvalue weighted by atomic mass is 10.2. The second-order valence-electron chi connectivity index (χ2n) is 3.93. The van der Waals surface area contributed by atoms with Crippen LogP contribution in [0.5, 0.6) is 5.75 Å². The van der Waals surface area contributed by atoms with Gasteiger partial charge >= 0.3 is 0 Å². The van der Waals surface area contributed by atoms with E-state index in [2.05, 4.69) is 11.8 Å². The topological polar surface area (TPSA) is 35.2 Å². The quantitative estimate of drug-likeness (QED) is 0.870. The van der Waals surface area contributed by atoms with Crippen molar-refractivity contribution in [2.24, 2.45) is 5.73 Å². The van der Waals surface area contributed by atoms with Crippen LogP contribution < -0.4 is 10.5 Å². The average Bonchev–Trinajstić information content (AvgIpc) is 2.46. The molecule has 0 aliphatic carbocycles. The highest BCUT2D eigenvalue weighted by atomic mass is 35.5. The zero-order valence-electron chi connectivity index (χ0n) is 10.4. The molecule has 2 rings (SSSR count). The summed E-state index contributed by atoms with van der Waals surface area (Å²) in [6.07, 6.45) is 0.